The molecule has 5 heteroatoms. The zero-order valence-corrected chi connectivity index (χ0v) is 15.2. The summed E-state index contributed by atoms with van der Waals surface area (Å²) in [5.74, 6) is 1.37. The number of nitrogens with one attached hydrogen (secondary N) is 1. The van der Waals surface area contributed by atoms with Crippen LogP contribution in [0.3, 0.4) is 0 Å². The standard InChI is InChI=1S/C21H22N2O3/c1-23-9-8-13-4-5-15(10-18(13)23)21(24)22-17-7-6-14-11-19(25-2)20(26-3)12-16(14)17/h4-5,8-12,17H,6-7H2,1-3H3,(H,22,24). The van der Waals surface area contributed by atoms with Crippen molar-refractivity contribution >= 4 is 16.8 Å². The molecule has 1 amide bonds. The highest BCUT2D eigenvalue weighted by atomic mass is 16.5. The largest absolute Gasteiger partial charge is 0.493 e. The van der Waals surface area contributed by atoms with Crippen LogP contribution < -0.4 is 14.8 Å². The van der Waals surface area contributed by atoms with Gasteiger partial charge in [0, 0.05) is 24.3 Å². The number of carbonyl (C=O) groups is 1. The van der Waals surface area contributed by atoms with E-state index in [1.54, 1.807) is 14.2 Å². The number of benzene rings is 2. The minimum atomic E-state index is -0.0549. The van der Waals surface area contributed by atoms with Crippen LogP contribution in [0.15, 0.2) is 42.6 Å². The first-order valence-corrected chi connectivity index (χ1v) is 8.71. The Labute approximate surface area is 152 Å². The van der Waals surface area contributed by atoms with E-state index in [1.165, 1.54) is 5.56 Å². The fraction of sp³-hybridized carbons (Fsp3) is 0.286. The van der Waals surface area contributed by atoms with Gasteiger partial charge in [-0.15, -0.1) is 0 Å². The van der Waals surface area contributed by atoms with Gasteiger partial charge in [-0.2, -0.15) is 0 Å². The number of aryl methyl sites for hydroxylation is 2. The molecule has 1 aliphatic carbocycles. The molecule has 1 atom stereocenters. The molecule has 1 unspecified atom stereocenters. The van der Waals surface area contributed by atoms with Crippen molar-refractivity contribution in [1.82, 2.24) is 9.88 Å². The molecule has 1 aliphatic rings. The minimum absolute atomic E-state index is 0.0126. The van der Waals surface area contributed by atoms with Crippen molar-refractivity contribution in [2.24, 2.45) is 7.05 Å². The zero-order chi connectivity index (χ0) is 18.3. The Morgan fingerprint density at radius 1 is 1.12 bits per heavy atom. The maximum absolute atomic E-state index is 12.8. The lowest BCUT2D eigenvalue weighted by atomic mass is 10.1. The summed E-state index contributed by atoms with van der Waals surface area (Å²) >= 11 is 0. The van der Waals surface area contributed by atoms with E-state index >= 15 is 0 Å². The summed E-state index contributed by atoms with van der Waals surface area (Å²) in [5.41, 5.74) is 4.03. The summed E-state index contributed by atoms with van der Waals surface area (Å²) < 4.78 is 12.8. The highest BCUT2D eigenvalue weighted by Gasteiger charge is 2.26. The molecule has 0 spiro atoms. The van der Waals surface area contributed by atoms with Crippen molar-refractivity contribution in [2.75, 3.05) is 14.2 Å². The Hall–Kier alpha value is -2.95. The molecule has 2 aromatic carbocycles. The van der Waals surface area contributed by atoms with Gasteiger partial charge >= 0.3 is 0 Å². The second-order valence-corrected chi connectivity index (χ2v) is 6.67. The maximum Gasteiger partial charge on any atom is 0.251 e. The smallest absolute Gasteiger partial charge is 0.251 e. The first-order chi connectivity index (χ1) is 12.6. The van der Waals surface area contributed by atoms with Crippen LogP contribution in [-0.4, -0.2) is 24.7 Å². The normalized spacial score (nSPS) is 15.7. The van der Waals surface area contributed by atoms with Crippen molar-refractivity contribution in [1.29, 1.82) is 0 Å². The zero-order valence-electron chi connectivity index (χ0n) is 15.2. The molecule has 0 saturated carbocycles. The van der Waals surface area contributed by atoms with Crippen molar-refractivity contribution in [3.8, 4) is 11.5 Å². The Morgan fingerprint density at radius 3 is 2.65 bits per heavy atom. The summed E-state index contributed by atoms with van der Waals surface area (Å²) in [6.45, 7) is 0. The second kappa shape index (κ2) is 6.41. The third-order valence-corrected chi connectivity index (χ3v) is 5.18. The van der Waals surface area contributed by atoms with E-state index < -0.39 is 0 Å². The second-order valence-electron chi connectivity index (χ2n) is 6.67. The minimum Gasteiger partial charge on any atom is -0.493 e. The van der Waals surface area contributed by atoms with Gasteiger partial charge in [0.1, 0.15) is 0 Å². The number of aromatic nitrogens is 1. The van der Waals surface area contributed by atoms with E-state index in [4.69, 9.17) is 9.47 Å². The van der Waals surface area contributed by atoms with Crippen LogP contribution in [0.25, 0.3) is 10.9 Å². The van der Waals surface area contributed by atoms with Gasteiger partial charge in [0.15, 0.2) is 11.5 Å². The van der Waals surface area contributed by atoms with E-state index in [1.807, 2.05) is 54.2 Å². The predicted octanol–water partition coefficient (Wildman–Crippen LogP) is 3.61. The van der Waals surface area contributed by atoms with Crippen molar-refractivity contribution in [2.45, 2.75) is 18.9 Å². The molecule has 0 bridgehead atoms. The highest BCUT2D eigenvalue weighted by Crippen LogP contribution is 2.39. The molecule has 134 valence electrons. The number of methoxy groups -OCH3 is 2. The molecule has 26 heavy (non-hydrogen) atoms. The van der Waals surface area contributed by atoms with Crippen LogP contribution in [0.4, 0.5) is 0 Å². The number of fused-ring (bicyclic) bond motifs is 2. The summed E-state index contributed by atoms with van der Waals surface area (Å²) in [7, 11) is 5.25. The van der Waals surface area contributed by atoms with E-state index in [-0.39, 0.29) is 11.9 Å². The Morgan fingerprint density at radius 2 is 1.88 bits per heavy atom. The van der Waals surface area contributed by atoms with E-state index in [9.17, 15) is 4.79 Å². The summed E-state index contributed by atoms with van der Waals surface area (Å²) in [6.07, 6.45) is 3.79. The maximum atomic E-state index is 12.8. The third kappa shape index (κ3) is 2.69. The highest BCUT2D eigenvalue weighted by molar-refractivity contribution is 5.98. The number of hydrogen-bond acceptors (Lipinski definition) is 3. The first-order valence-electron chi connectivity index (χ1n) is 8.71. The van der Waals surface area contributed by atoms with Gasteiger partial charge in [-0.05, 0) is 59.7 Å². The monoisotopic (exact) mass is 350 g/mol. The average molecular weight is 350 g/mol. The van der Waals surface area contributed by atoms with Gasteiger partial charge in [0.2, 0.25) is 0 Å². The van der Waals surface area contributed by atoms with E-state index in [2.05, 4.69) is 5.32 Å². The fourth-order valence-electron chi connectivity index (χ4n) is 3.73. The van der Waals surface area contributed by atoms with E-state index in [0.717, 1.165) is 35.1 Å². The molecule has 1 N–H and O–H groups in total. The van der Waals surface area contributed by atoms with Crippen LogP contribution in [0.5, 0.6) is 11.5 Å². The number of amides is 1. The third-order valence-electron chi connectivity index (χ3n) is 5.18. The van der Waals surface area contributed by atoms with Crippen LogP contribution in [0.2, 0.25) is 0 Å². The topological polar surface area (TPSA) is 52.5 Å². The molecular weight excluding hydrogens is 328 g/mol. The predicted molar refractivity (Wildman–Crippen MR) is 101 cm³/mol. The number of rotatable bonds is 4. The Bertz CT molecular complexity index is 990. The van der Waals surface area contributed by atoms with Gasteiger partial charge in [-0.25, -0.2) is 0 Å². The summed E-state index contributed by atoms with van der Waals surface area (Å²) in [5, 5.41) is 4.30. The molecule has 1 aromatic heterocycles. The van der Waals surface area contributed by atoms with Crippen LogP contribution in [0.1, 0.15) is 33.9 Å². The number of hydrogen-bond donors (Lipinski definition) is 1. The molecule has 0 aliphatic heterocycles. The fourth-order valence-corrected chi connectivity index (χ4v) is 3.73. The molecule has 3 aromatic rings. The van der Waals surface area contributed by atoms with Crippen molar-refractivity contribution in [3.63, 3.8) is 0 Å². The van der Waals surface area contributed by atoms with Crippen LogP contribution in [-0.2, 0) is 13.5 Å². The average Bonchev–Trinajstić information content (AvgIpc) is 3.23. The molecule has 0 saturated heterocycles. The first kappa shape index (κ1) is 16.5. The Balaban J connectivity index is 1.60. The lowest BCUT2D eigenvalue weighted by Crippen LogP contribution is -2.27. The number of nitrogens with zero attached hydrogens (tertiary/aromatic N) is 1. The molecular formula is C21H22N2O3. The van der Waals surface area contributed by atoms with Crippen LogP contribution >= 0.6 is 0 Å². The molecule has 0 radical (unpaired) electrons. The van der Waals surface area contributed by atoms with Crippen molar-refractivity contribution in [3.05, 3.63) is 59.3 Å². The Kier molecular flexibility index (Phi) is 4.07. The molecule has 5 nitrogen and oxygen atoms in total. The summed E-state index contributed by atoms with van der Waals surface area (Å²) in [4.78, 5) is 12.8. The van der Waals surface area contributed by atoms with Gasteiger partial charge < -0.3 is 19.4 Å². The van der Waals surface area contributed by atoms with Gasteiger partial charge in [0.25, 0.3) is 5.91 Å². The number of ether oxygens (including phenoxy) is 2. The molecule has 0 fully saturated rings. The number of carbonyl (C=O) groups excluding carboxylic acids is 1. The molecule has 1 heterocycles. The van der Waals surface area contributed by atoms with Crippen LogP contribution in [0, 0.1) is 0 Å². The van der Waals surface area contributed by atoms with Gasteiger partial charge in [0.05, 0.1) is 20.3 Å². The van der Waals surface area contributed by atoms with Gasteiger partial charge in [-0.1, -0.05) is 6.07 Å². The lowest BCUT2D eigenvalue weighted by molar-refractivity contribution is 0.0937. The van der Waals surface area contributed by atoms with Crippen molar-refractivity contribution < 1.29 is 14.3 Å². The summed E-state index contributed by atoms with van der Waals surface area (Å²) in [6, 6.07) is 11.8. The van der Waals surface area contributed by atoms with E-state index in [0.29, 0.717) is 11.3 Å². The van der Waals surface area contributed by atoms with Gasteiger partial charge in [-0.3, -0.25) is 4.79 Å². The molecule has 4 rings (SSSR count). The lowest BCUT2D eigenvalue weighted by Gasteiger charge is -2.16. The quantitative estimate of drug-likeness (QED) is 0.782. The SMILES string of the molecule is COc1cc2c(cc1OC)C(NC(=O)c1ccc3ccn(C)c3c1)CC2.